The number of unbranched alkanes of at least 4 members (excludes halogenated alkanes) is 1. The molecule has 0 aliphatic heterocycles. The average Bonchev–Trinajstić information content (AvgIpc) is 2.47. The van der Waals surface area contributed by atoms with Crippen LogP contribution in [0, 0.1) is 0 Å². The van der Waals surface area contributed by atoms with Crippen LogP contribution in [0.25, 0.3) is 0 Å². The van der Waals surface area contributed by atoms with Crippen LogP contribution in [0.4, 0.5) is 0 Å². The first-order valence-corrected chi connectivity index (χ1v) is 6.70. The highest BCUT2D eigenvalue weighted by molar-refractivity contribution is 5.98. The zero-order valence-electron chi connectivity index (χ0n) is 11.9. The molecule has 20 heavy (non-hydrogen) atoms. The number of methoxy groups -OCH3 is 1. The molecule has 0 aliphatic rings. The standard InChI is InChI=1S/C14H21N3O3/c1-3-4-6-16-13(18)11-5-7-15-12(10-11)14(19)17-8-9-20-2/h5,7,10H,3-4,6,8-9H2,1-2H3,(H,16,18)(H,17,19). The number of rotatable bonds is 8. The van der Waals surface area contributed by atoms with Crippen molar-refractivity contribution in [1.29, 1.82) is 0 Å². The number of carbonyl (C=O) groups is 2. The van der Waals surface area contributed by atoms with Gasteiger partial charge in [0.05, 0.1) is 6.61 Å². The molecule has 110 valence electrons. The van der Waals surface area contributed by atoms with Crippen molar-refractivity contribution in [3.8, 4) is 0 Å². The van der Waals surface area contributed by atoms with Crippen LogP contribution in [0.5, 0.6) is 0 Å². The van der Waals surface area contributed by atoms with E-state index in [-0.39, 0.29) is 17.5 Å². The van der Waals surface area contributed by atoms with Gasteiger partial charge in [-0.2, -0.15) is 0 Å². The zero-order valence-corrected chi connectivity index (χ0v) is 11.9. The number of pyridine rings is 1. The predicted octanol–water partition coefficient (Wildman–Crippen LogP) is 0.988. The van der Waals surface area contributed by atoms with Gasteiger partial charge in [0.2, 0.25) is 0 Å². The Morgan fingerprint density at radius 1 is 1.25 bits per heavy atom. The molecule has 2 amide bonds. The molecule has 1 aromatic rings. The second-order valence-electron chi connectivity index (χ2n) is 4.29. The summed E-state index contributed by atoms with van der Waals surface area (Å²) in [4.78, 5) is 27.6. The van der Waals surface area contributed by atoms with Crippen molar-refractivity contribution >= 4 is 11.8 Å². The Kier molecular flexibility index (Phi) is 7.27. The maximum absolute atomic E-state index is 11.9. The molecule has 0 aromatic carbocycles. The van der Waals surface area contributed by atoms with E-state index in [1.165, 1.54) is 12.3 Å². The molecular weight excluding hydrogens is 258 g/mol. The van der Waals surface area contributed by atoms with Crippen molar-refractivity contribution < 1.29 is 14.3 Å². The van der Waals surface area contributed by atoms with Crippen LogP contribution in [-0.2, 0) is 4.74 Å². The van der Waals surface area contributed by atoms with E-state index in [1.54, 1.807) is 13.2 Å². The maximum atomic E-state index is 11.9. The van der Waals surface area contributed by atoms with E-state index in [0.29, 0.717) is 25.3 Å². The summed E-state index contributed by atoms with van der Waals surface area (Å²) in [6.45, 7) is 3.53. The SMILES string of the molecule is CCCCNC(=O)c1ccnc(C(=O)NCCOC)c1. The van der Waals surface area contributed by atoms with Crippen molar-refractivity contribution in [2.24, 2.45) is 0 Å². The van der Waals surface area contributed by atoms with Gasteiger partial charge in [-0.1, -0.05) is 13.3 Å². The summed E-state index contributed by atoms with van der Waals surface area (Å²) in [5.74, 6) is -0.503. The number of ether oxygens (including phenoxy) is 1. The molecule has 0 aliphatic carbocycles. The molecule has 0 unspecified atom stereocenters. The summed E-state index contributed by atoms with van der Waals surface area (Å²) in [6, 6.07) is 3.08. The molecule has 2 N–H and O–H groups in total. The van der Waals surface area contributed by atoms with Crippen molar-refractivity contribution in [1.82, 2.24) is 15.6 Å². The summed E-state index contributed by atoms with van der Waals surface area (Å²) in [5.41, 5.74) is 0.664. The van der Waals surface area contributed by atoms with Gasteiger partial charge in [0.15, 0.2) is 0 Å². The Hall–Kier alpha value is -1.95. The van der Waals surface area contributed by atoms with E-state index in [1.807, 2.05) is 0 Å². The highest BCUT2D eigenvalue weighted by Crippen LogP contribution is 2.02. The maximum Gasteiger partial charge on any atom is 0.269 e. The fourth-order valence-corrected chi connectivity index (χ4v) is 1.53. The van der Waals surface area contributed by atoms with Crippen LogP contribution in [-0.4, -0.2) is 43.6 Å². The largest absolute Gasteiger partial charge is 0.383 e. The summed E-state index contributed by atoms with van der Waals surface area (Å²) >= 11 is 0. The van der Waals surface area contributed by atoms with Gasteiger partial charge in [-0.15, -0.1) is 0 Å². The highest BCUT2D eigenvalue weighted by atomic mass is 16.5. The number of nitrogens with one attached hydrogen (secondary N) is 2. The molecule has 0 atom stereocenters. The lowest BCUT2D eigenvalue weighted by Gasteiger charge is -2.06. The lowest BCUT2D eigenvalue weighted by atomic mass is 10.2. The number of hydrogen-bond donors (Lipinski definition) is 2. The van der Waals surface area contributed by atoms with Crippen LogP contribution in [0.2, 0.25) is 0 Å². The molecule has 0 saturated heterocycles. The van der Waals surface area contributed by atoms with Gasteiger partial charge in [0, 0.05) is 32.0 Å². The number of carbonyl (C=O) groups excluding carboxylic acids is 2. The third kappa shape index (κ3) is 5.36. The smallest absolute Gasteiger partial charge is 0.269 e. The Morgan fingerprint density at radius 3 is 2.70 bits per heavy atom. The first kappa shape index (κ1) is 16.1. The van der Waals surface area contributed by atoms with Gasteiger partial charge in [0.1, 0.15) is 5.69 Å². The Balaban J connectivity index is 2.60. The lowest BCUT2D eigenvalue weighted by molar-refractivity contribution is 0.0932. The predicted molar refractivity (Wildman–Crippen MR) is 75.7 cm³/mol. The normalized spacial score (nSPS) is 10.1. The minimum atomic E-state index is -0.315. The van der Waals surface area contributed by atoms with Gasteiger partial charge >= 0.3 is 0 Å². The molecular formula is C14H21N3O3. The molecule has 0 spiro atoms. The van der Waals surface area contributed by atoms with E-state index in [2.05, 4.69) is 22.5 Å². The van der Waals surface area contributed by atoms with Crippen molar-refractivity contribution in [3.63, 3.8) is 0 Å². The second-order valence-corrected chi connectivity index (χ2v) is 4.29. The molecule has 1 rings (SSSR count). The van der Waals surface area contributed by atoms with Crippen molar-refractivity contribution in [3.05, 3.63) is 29.6 Å². The monoisotopic (exact) mass is 279 g/mol. The molecule has 0 saturated carbocycles. The molecule has 1 aromatic heterocycles. The topological polar surface area (TPSA) is 80.3 Å². The Morgan fingerprint density at radius 2 is 2.00 bits per heavy atom. The minimum absolute atomic E-state index is 0.188. The first-order valence-electron chi connectivity index (χ1n) is 6.70. The van der Waals surface area contributed by atoms with E-state index in [9.17, 15) is 9.59 Å². The van der Waals surface area contributed by atoms with Crippen LogP contribution in [0.1, 0.15) is 40.6 Å². The van der Waals surface area contributed by atoms with Crippen LogP contribution in [0.15, 0.2) is 18.3 Å². The van der Waals surface area contributed by atoms with Gasteiger partial charge < -0.3 is 15.4 Å². The highest BCUT2D eigenvalue weighted by Gasteiger charge is 2.11. The lowest BCUT2D eigenvalue weighted by Crippen LogP contribution is -2.29. The Labute approximate surface area is 118 Å². The number of amides is 2. The minimum Gasteiger partial charge on any atom is -0.383 e. The molecule has 0 fully saturated rings. The van der Waals surface area contributed by atoms with Crippen LogP contribution in [0.3, 0.4) is 0 Å². The number of hydrogen-bond acceptors (Lipinski definition) is 4. The molecule has 6 heteroatoms. The Bertz CT molecular complexity index is 412. The first-order chi connectivity index (χ1) is 9.69. The summed E-state index contributed by atoms with van der Waals surface area (Å²) in [5, 5.41) is 5.46. The average molecular weight is 279 g/mol. The molecule has 6 nitrogen and oxygen atoms in total. The van der Waals surface area contributed by atoms with Gasteiger partial charge in [-0.05, 0) is 18.6 Å². The van der Waals surface area contributed by atoms with E-state index in [0.717, 1.165) is 12.8 Å². The summed E-state index contributed by atoms with van der Waals surface area (Å²) in [6.07, 6.45) is 3.41. The van der Waals surface area contributed by atoms with E-state index < -0.39 is 0 Å². The van der Waals surface area contributed by atoms with Gasteiger partial charge in [-0.25, -0.2) is 0 Å². The van der Waals surface area contributed by atoms with Crippen molar-refractivity contribution in [2.45, 2.75) is 19.8 Å². The fourth-order valence-electron chi connectivity index (χ4n) is 1.53. The fraction of sp³-hybridized carbons (Fsp3) is 0.500. The van der Waals surface area contributed by atoms with E-state index in [4.69, 9.17) is 4.74 Å². The molecule has 0 bridgehead atoms. The van der Waals surface area contributed by atoms with Crippen LogP contribution >= 0.6 is 0 Å². The molecule has 1 heterocycles. The number of aromatic nitrogens is 1. The third-order valence-corrected chi connectivity index (χ3v) is 2.66. The van der Waals surface area contributed by atoms with Gasteiger partial charge in [0.25, 0.3) is 11.8 Å². The summed E-state index contributed by atoms with van der Waals surface area (Å²) < 4.78 is 4.85. The van der Waals surface area contributed by atoms with Gasteiger partial charge in [-0.3, -0.25) is 14.6 Å². The third-order valence-electron chi connectivity index (χ3n) is 2.66. The summed E-state index contributed by atoms with van der Waals surface area (Å²) in [7, 11) is 1.56. The molecule has 0 radical (unpaired) electrons. The quantitative estimate of drug-likeness (QED) is 0.695. The zero-order chi connectivity index (χ0) is 14.8. The van der Waals surface area contributed by atoms with Crippen molar-refractivity contribution in [2.75, 3.05) is 26.8 Å². The number of nitrogens with zero attached hydrogens (tertiary/aromatic N) is 1. The second kappa shape index (κ2) is 9.03. The van der Waals surface area contributed by atoms with Crippen LogP contribution < -0.4 is 10.6 Å². The van der Waals surface area contributed by atoms with E-state index >= 15 is 0 Å².